The summed E-state index contributed by atoms with van der Waals surface area (Å²) in [6.45, 7) is 0.512. The summed E-state index contributed by atoms with van der Waals surface area (Å²) in [5.41, 5.74) is 5.02. The van der Waals surface area contributed by atoms with Crippen LogP contribution in [0, 0.1) is 0 Å². The van der Waals surface area contributed by atoms with Crippen molar-refractivity contribution in [2.75, 3.05) is 7.11 Å². The minimum absolute atomic E-state index is 0.332. The summed E-state index contributed by atoms with van der Waals surface area (Å²) in [4.78, 5) is 9.31. The lowest BCUT2D eigenvalue weighted by atomic mass is 9.80. The quantitative estimate of drug-likeness (QED) is 0.349. The van der Waals surface area contributed by atoms with E-state index in [0.29, 0.717) is 17.7 Å². The average Bonchev–Trinajstić information content (AvgIpc) is 3.16. The van der Waals surface area contributed by atoms with Crippen LogP contribution in [0.4, 0.5) is 0 Å². The fourth-order valence-corrected chi connectivity index (χ4v) is 4.24. The molecule has 0 saturated heterocycles. The third kappa shape index (κ3) is 3.89. The van der Waals surface area contributed by atoms with Gasteiger partial charge in [0.05, 0.1) is 19.1 Å². The van der Waals surface area contributed by atoms with Crippen molar-refractivity contribution in [3.05, 3.63) is 95.4 Å². The first-order valence-corrected chi connectivity index (χ1v) is 10.6. The van der Waals surface area contributed by atoms with Gasteiger partial charge in [0.25, 0.3) is 0 Å². The largest absolute Gasteiger partial charge is 0.504 e. The minimum atomic E-state index is 0.332. The molecule has 0 atom stereocenters. The van der Waals surface area contributed by atoms with E-state index in [0.717, 1.165) is 46.8 Å². The molecule has 1 fully saturated rings. The lowest BCUT2D eigenvalue weighted by molar-refractivity contribution is 0.306. The molecule has 1 aliphatic rings. The van der Waals surface area contributed by atoms with Crippen LogP contribution in [0.1, 0.15) is 30.1 Å². The van der Waals surface area contributed by atoms with Gasteiger partial charge in [-0.25, -0.2) is 9.97 Å². The van der Waals surface area contributed by atoms with Gasteiger partial charge in [-0.2, -0.15) is 0 Å². The molecule has 2 aromatic heterocycles. The number of halogens is 1. The molecule has 0 N–H and O–H groups in total. The predicted octanol–water partition coefficient (Wildman–Crippen LogP) is 6.04. The smallest absolute Gasteiger partial charge is 0.155 e. The number of fused-ring (bicyclic) bond motifs is 1. The topological polar surface area (TPSA) is 48.7 Å². The predicted molar refractivity (Wildman–Crippen MR) is 121 cm³/mol. The van der Waals surface area contributed by atoms with E-state index in [4.69, 9.17) is 26.1 Å². The normalized spacial score (nSPS) is 15.5. The van der Waals surface area contributed by atoms with Crippen LogP contribution in [-0.2, 0) is 11.3 Å². The highest BCUT2D eigenvalue weighted by Crippen LogP contribution is 2.43. The number of ether oxygens (including phenoxy) is 2. The van der Waals surface area contributed by atoms with Crippen molar-refractivity contribution < 1.29 is 9.47 Å². The summed E-state index contributed by atoms with van der Waals surface area (Å²) in [6.07, 6.45) is 7.35. The highest BCUT2D eigenvalue weighted by Gasteiger charge is 2.30. The molecule has 1 aliphatic carbocycles. The maximum Gasteiger partial charge on any atom is 0.155 e. The van der Waals surface area contributed by atoms with E-state index in [9.17, 15) is 0 Å². The van der Waals surface area contributed by atoms with E-state index in [1.807, 2.05) is 54.9 Å². The number of imidazole rings is 1. The van der Waals surface area contributed by atoms with E-state index in [-0.39, 0.29) is 0 Å². The van der Waals surface area contributed by atoms with Gasteiger partial charge in [-0.3, -0.25) is 4.40 Å². The van der Waals surface area contributed by atoms with Crippen molar-refractivity contribution in [1.29, 1.82) is 0 Å². The Hall–Kier alpha value is -3.31. The van der Waals surface area contributed by atoms with Gasteiger partial charge < -0.3 is 9.47 Å². The van der Waals surface area contributed by atoms with Crippen LogP contribution in [0.15, 0.2) is 78.8 Å². The van der Waals surface area contributed by atoms with Crippen LogP contribution in [0.5, 0.6) is 5.75 Å². The molecule has 1 saturated carbocycles. The zero-order valence-electron chi connectivity index (χ0n) is 17.2. The molecule has 0 aliphatic heterocycles. The highest BCUT2D eigenvalue weighted by atomic mass is 35.5. The molecular formula is C25H22ClN3O2. The van der Waals surface area contributed by atoms with Crippen molar-refractivity contribution in [3.63, 3.8) is 0 Å². The van der Waals surface area contributed by atoms with Crippen LogP contribution in [-0.4, -0.2) is 21.5 Å². The van der Waals surface area contributed by atoms with Crippen molar-refractivity contribution >= 4 is 17.1 Å². The Morgan fingerprint density at radius 2 is 1.97 bits per heavy atom. The Morgan fingerprint density at radius 3 is 2.77 bits per heavy atom. The fraction of sp³-hybridized carbons (Fsp3) is 0.200. The molecule has 31 heavy (non-hydrogen) atoms. The summed E-state index contributed by atoms with van der Waals surface area (Å²) in [5.74, 6) is 2.12. The monoisotopic (exact) mass is 431 g/mol. The molecular weight excluding hydrogens is 410 g/mol. The lowest BCUT2D eigenvalue weighted by Crippen LogP contribution is -2.16. The number of hydrogen-bond donors (Lipinski definition) is 0. The van der Waals surface area contributed by atoms with Crippen LogP contribution in [0.2, 0.25) is 5.15 Å². The average molecular weight is 432 g/mol. The number of benzene rings is 2. The van der Waals surface area contributed by atoms with E-state index < -0.39 is 0 Å². The molecule has 6 heteroatoms. The van der Waals surface area contributed by atoms with Crippen molar-refractivity contribution in [2.45, 2.75) is 25.4 Å². The SMILES string of the molecule is COC=C1CC(c2nc(-c3cccc(OCc4ccccc4)c3)c3c(Cl)nccn23)C1. The zero-order chi connectivity index (χ0) is 21.2. The van der Waals surface area contributed by atoms with Crippen LogP contribution in [0.25, 0.3) is 16.8 Å². The number of nitrogens with zero attached hydrogens (tertiary/aromatic N) is 3. The van der Waals surface area contributed by atoms with E-state index in [1.165, 1.54) is 5.57 Å². The van der Waals surface area contributed by atoms with Crippen molar-refractivity contribution in [2.24, 2.45) is 0 Å². The molecule has 0 unspecified atom stereocenters. The molecule has 4 aromatic rings. The van der Waals surface area contributed by atoms with Gasteiger partial charge in [-0.15, -0.1) is 0 Å². The first-order chi connectivity index (χ1) is 15.2. The maximum atomic E-state index is 6.52. The van der Waals surface area contributed by atoms with Gasteiger partial charge in [0.15, 0.2) is 5.15 Å². The lowest BCUT2D eigenvalue weighted by Gasteiger charge is -2.27. The third-order valence-electron chi connectivity index (χ3n) is 5.56. The zero-order valence-corrected chi connectivity index (χ0v) is 17.9. The Labute approximate surface area is 185 Å². The number of allylic oxidation sites excluding steroid dienone is 1. The van der Waals surface area contributed by atoms with E-state index in [2.05, 4.69) is 21.5 Å². The molecule has 0 radical (unpaired) electrons. The van der Waals surface area contributed by atoms with Gasteiger partial charge in [0.1, 0.15) is 23.7 Å². The molecule has 5 nitrogen and oxygen atoms in total. The van der Waals surface area contributed by atoms with Crippen molar-refractivity contribution in [3.8, 4) is 17.0 Å². The second kappa shape index (κ2) is 8.44. The molecule has 156 valence electrons. The highest BCUT2D eigenvalue weighted by molar-refractivity contribution is 6.33. The summed E-state index contributed by atoms with van der Waals surface area (Å²) in [5, 5.41) is 0.443. The Kier molecular flexibility index (Phi) is 5.35. The minimum Gasteiger partial charge on any atom is -0.504 e. The molecule has 2 heterocycles. The molecule has 5 rings (SSSR count). The van der Waals surface area contributed by atoms with Gasteiger partial charge in [-0.05, 0) is 36.1 Å². The maximum absolute atomic E-state index is 6.52. The van der Waals surface area contributed by atoms with E-state index in [1.54, 1.807) is 13.3 Å². The Morgan fingerprint density at radius 1 is 1.13 bits per heavy atom. The summed E-state index contributed by atoms with van der Waals surface area (Å²) in [6, 6.07) is 18.1. The summed E-state index contributed by atoms with van der Waals surface area (Å²) in [7, 11) is 1.68. The second-order valence-electron chi connectivity index (χ2n) is 7.67. The number of hydrogen-bond acceptors (Lipinski definition) is 4. The van der Waals surface area contributed by atoms with Gasteiger partial charge >= 0.3 is 0 Å². The van der Waals surface area contributed by atoms with Crippen LogP contribution in [0.3, 0.4) is 0 Å². The number of aromatic nitrogens is 3. The summed E-state index contributed by atoms with van der Waals surface area (Å²) < 4.78 is 13.2. The number of rotatable bonds is 6. The first kappa shape index (κ1) is 19.6. The van der Waals surface area contributed by atoms with Crippen molar-refractivity contribution in [1.82, 2.24) is 14.4 Å². The molecule has 0 bridgehead atoms. The van der Waals surface area contributed by atoms with Gasteiger partial charge in [0, 0.05) is 23.9 Å². The first-order valence-electron chi connectivity index (χ1n) is 10.2. The number of methoxy groups -OCH3 is 1. The van der Waals surface area contributed by atoms with Crippen LogP contribution < -0.4 is 4.74 Å². The van der Waals surface area contributed by atoms with Crippen LogP contribution >= 0.6 is 11.6 Å². The Balaban J connectivity index is 1.48. The molecule has 0 amide bonds. The van der Waals surface area contributed by atoms with Gasteiger partial charge in [0.2, 0.25) is 0 Å². The van der Waals surface area contributed by atoms with E-state index >= 15 is 0 Å². The fourth-order valence-electron chi connectivity index (χ4n) is 4.01. The summed E-state index contributed by atoms with van der Waals surface area (Å²) >= 11 is 6.52. The standard InChI is InChI=1S/C25H22ClN3O2/c1-30-15-18-12-20(13-18)25-28-22(23-24(26)27-10-11-29(23)25)19-8-5-9-21(14-19)31-16-17-6-3-2-4-7-17/h2-11,14-15,20H,12-13,16H2,1H3. The third-order valence-corrected chi connectivity index (χ3v) is 5.84. The molecule has 2 aromatic carbocycles. The molecule has 0 spiro atoms. The second-order valence-corrected chi connectivity index (χ2v) is 8.03. The van der Waals surface area contributed by atoms with Gasteiger partial charge in [-0.1, -0.05) is 54.1 Å². The Bertz CT molecular complexity index is 1240.